The van der Waals surface area contributed by atoms with Gasteiger partial charge in [0.1, 0.15) is 5.92 Å². The number of carbonyl (C=O) groups excluding carboxylic acids is 3. The van der Waals surface area contributed by atoms with Crippen LogP contribution in [0.3, 0.4) is 0 Å². The number of carbonyl (C=O) groups is 3. The zero-order valence-corrected chi connectivity index (χ0v) is 23.4. The van der Waals surface area contributed by atoms with Crippen molar-refractivity contribution in [2.45, 2.75) is 24.3 Å². The molecule has 0 aliphatic carbocycles. The van der Waals surface area contributed by atoms with Crippen LogP contribution in [0.25, 0.3) is 0 Å². The third kappa shape index (κ3) is 5.90. The largest absolute Gasteiger partial charge is 0.493 e. The van der Waals surface area contributed by atoms with Crippen LogP contribution in [0.5, 0.6) is 11.5 Å². The highest BCUT2D eigenvalue weighted by Crippen LogP contribution is 2.41. The molecule has 0 saturated carbocycles. The minimum absolute atomic E-state index is 0.0194. The lowest BCUT2D eigenvalue weighted by atomic mass is 9.86. The summed E-state index contributed by atoms with van der Waals surface area (Å²) >= 11 is 0. The molecule has 10 nitrogen and oxygen atoms in total. The van der Waals surface area contributed by atoms with Crippen molar-refractivity contribution in [1.82, 2.24) is 14.1 Å². The molecule has 11 heteroatoms. The molecule has 1 heterocycles. The Bertz CT molecular complexity index is 1290. The van der Waals surface area contributed by atoms with Crippen molar-refractivity contribution in [2.24, 2.45) is 5.92 Å². The molecule has 0 bridgehead atoms. The fourth-order valence-corrected chi connectivity index (χ4v) is 5.38. The topological polar surface area (TPSA) is 114 Å². The van der Waals surface area contributed by atoms with Crippen molar-refractivity contribution in [3.05, 3.63) is 53.6 Å². The predicted octanol–water partition coefficient (Wildman–Crippen LogP) is 2.25. The molecule has 0 aromatic heterocycles. The number of likely N-dealkylation sites (tertiary alicyclic amines) is 1. The molecular formula is C27H35N3O7S. The van der Waals surface area contributed by atoms with Gasteiger partial charge in [0.2, 0.25) is 15.8 Å². The van der Waals surface area contributed by atoms with Gasteiger partial charge in [-0.05, 0) is 63.8 Å². The normalized spacial score (nSPS) is 17.9. The van der Waals surface area contributed by atoms with Crippen LogP contribution in [0.4, 0.5) is 0 Å². The first kappa shape index (κ1) is 29.3. The lowest BCUT2D eigenvalue weighted by Crippen LogP contribution is -2.33. The molecule has 1 aliphatic heterocycles. The van der Waals surface area contributed by atoms with Crippen molar-refractivity contribution >= 4 is 27.5 Å². The second kappa shape index (κ2) is 12.1. The number of ketones is 2. The van der Waals surface area contributed by atoms with Crippen molar-refractivity contribution in [1.29, 1.82) is 0 Å². The van der Waals surface area contributed by atoms with Gasteiger partial charge in [-0.3, -0.25) is 14.4 Å². The highest BCUT2D eigenvalue weighted by Gasteiger charge is 2.51. The molecule has 0 N–H and O–H groups in total. The van der Waals surface area contributed by atoms with E-state index in [4.69, 9.17) is 9.47 Å². The van der Waals surface area contributed by atoms with Gasteiger partial charge in [0.25, 0.3) is 5.91 Å². The monoisotopic (exact) mass is 545 g/mol. The maximum atomic E-state index is 13.7. The third-order valence-electron chi connectivity index (χ3n) is 6.44. The summed E-state index contributed by atoms with van der Waals surface area (Å²) in [4.78, 5) is 43.6. The molecule has 2 aromatic carbocycles. The Hall–Kier alpha value is -3.28. The van der Waals surface area contributed by atoms with E-state index in [1.807, 2.05) is 25.9 Å². The van der Waals surface area contributed by atoms with Crippen molar-refractivity contribution in [2.75, 3.05) is 55.0 Å². The van der Waals surface area contributed by atoms with E-state index in [-0.39, 0.29) is 17.0 Å². The van der Waals surface area contributed by atoms with E-state index in [1.54, 1.807) is 18.2 Å². The van der Waals surface area contributed by atoms with Gasteiger partial charge in [0, 0.05) is 26.2 Å². The van der Waals surface area contributed by atoms with E-state index < -0.39 is 39.5 Å². The summed E-state index contributed by atoms with van der Waals surface area (Å²) in [5.41, 5.74) is 0.714. The van der Waals surface area contributed by atoms with Gasteiger partial charge in [-0.1, -0.05) is 18.2 Å². The Morgan fingerprint density at radius 2 is 1.66 bits per heavy atom. The molecule has 1 amide bonds. The Kier molecular flexibility index (Phi) is 9.29. The summed E-state index contributed by atoms with van der Waals surface area (Å²) in [5.74, 6) is -2.41. The van der Waals surface area contributed by atoms with E-state index in [1.165, 1.54) is 50.4 Å². The quantitative estimate of drug-likeness (QED) is 0.227. The number of methoxy groups -OCH3 is 1. The number of Topliss-reactive ketones (excluding diaryl/α,β-unsaturated/α-hetero) is 2. The standard InChI is InChI=1S/C27H35N3O7S/c1-7-37-21-14-11-19(17-22(21)36-6)24-23(26(32)27(33)30(24)16-8-15-28(2)3)25(31)18-9-12-20(13-10-18)38(34,35)29(4)5/h9-14,17,23-24H,7-8,15-16H2,1-6H3. The number of nitrogens with zero attached hydrogens (tertiary/aromatic N) is 3. The molecular weight excluding hydrogens is 510 g/mol. The van der Waals surface area contributed by atoms with Gasteiger partial charge < -0.3 is 19.3 Å². The van der Waals surface area contributed by atoms with Crippen LogP contribution in [-0.4, -0.2) is 95.0 Å². The molecule has 2 unspecified atom stereocenters. The number of hydrogen-bond acceptors (Lipinski definition) is 8. The Labute approximate surface area is 224 Å². The van der Waals surface area contributed by atoms with Gasteiger partial charge in [-0.2, -0.15) is 0 Å². The summed E-state index contributed by atoms with van der Waals surface area (Å²) < 4.78 is 37.0. The van der Waals surface area contributed by atoms with Gasteiger partial charge in [0.15, 0.2) is 17.3 Å². The van der Waals surface area contributed by atoms with Crippen LogP contribution in [-0.2, 0) is 19.6 Å². The lowest BCUT2D eigenvalue weighted by molar-refractivity contribution is -0.140. The van der Waals surface area contributed by atoms with Crippen LogP contribution >= 0.6 is 0 Å². The molecule has 1 aliphatic rings. The first-order valence-electron chi connectivity index (χ1n) is 12.3. The lowest BCUT2D eigenvalue weighted by Gasteiger charge is -2.28. The summed E-state index contributed by atoms with van der Waals surface area (Å²) in [5, 5.41) is 0. The van der Waals surface area contributed by atoms with Gasteiger partial charge >= 0.3 is 0 Å². The second-order valence-corrected chi connectivity index (χ2v) is 11.6. The number of hydrogen-bond donors (Lipinski definition) is 0. The number of rotatable bonds is 12. The zero-order chi connectivity index (χ0) is 28.2. The van der Waals surface area contributed by atoms with Crippen LogP contribution in [0.2, 0.25) is 0 Å². The van der Waals surface area contributed by atoms with E-state index >= 15 is 0 Å². The maximum absolute atomic E-state index is 13.7. The molecule has 3 rings (SSSR count). The minimum Gasteiger partial charge on any atom is -0.493 e. The van der Waals surface area contributed by atoms with E-state index in [0.717, 1.165) is 4.31 Å². The molecule has 0 spiro atoms. The molecule has 2 atom stereocenters. The molecule has 206 valence electrons. The number of benzene rings is 2. The van der Waals surface area contributed by atoms with Crippen LogP contribution in [0.1, 0.15) is 35.3 Å². The Balaban J connectivity index is 2.05. The molecule has 1 fully saturated rings. The van der Waals surface area contributed by atoms with Crippen LogP contribution in [0, 0.1) is 5.92 Å². The van der Waals surface area contributed by atoms with Crippen molar-refractivity contribution in [3.8, 4) is 11.5 Å². The van der Waals surface area contributed by atoms with Gasteiger partial charge in [-0.25, -0.2) is 12.7 Å². The second-order valence-electron chi connectivity index (χ2n) is 9.46. The average molecular weight is 546 g/mol. The zero-order valence-electron chi connectivity index (χ0n) is 22.6. The molecule has 38 heavy (non-hydrogen) atoms. The summed E-state index contributed by atoms with van der Waals surface area (Å²) in [6.07, 6.45) is 0.606. The van der Waals surface area contributed by atoms with Crippen LogP contribution in [0.15, 0.2) is 47.4 Å². The van der Waals surface area contributed by atoms with Crippen molar-refractivity contribution in [3.63, 3.8) is 0 Å². The first-order chi connectivity index (χ1) is 17.9. The average Bonchev–Trinajstić information content (AvgIpc) is 3.13. The maximum Gasteiger partial charge on any atom is 0.291 e. The Morgan fingerprint density at radius 3 is 2.21 bits per heavy atom. The smallest absolute Gasteiger partial charge is 0.291 e. The summed E-state index contributed by atoms with van der Waals surface area (Å²) in [7, 11) is 4.46. The third-order valence-corrected chi connectivity index (χ3v) is 8.27. The molecule has 1 saturated heterocycles. The summed E-state index contributed by atoms with van der Waals surface area (Å²) in [6.45, 7) is 3.25. The SMILES string of the molecule is CCOc1ccc(C2C(C(=O)c3ccc(S(=O)(=O)N(C)C)cc3)C(=O)C(=O)N2CCCN(C)C)cc1OC. The van der Waals surface area contributed by atoms with Crippen molar-refractivity contribution < 1.29 is 32.3 Å². The minimum atomic E-state index is -3.69. The highest BCUT2D eigenvalue weighted by atomic mass is 32.2. The van der Waals surface area contributed by atoms with E-state index in [2.05, 4.69) is 0 Å². The number of ether oxygens (including phenoxy) is 2. The predicted molar refractivity (Wildman–Crippen MR) is 142 cm³/mol. The van der Waals surface area contributed by atoms with Crippen LogP contribution < -0.4 is 9.47 Å². The van der Waals surface area contributed by atoms with Gasteiger partial charge in [0.05, 0.1) is 24.7 Å². The number of sulfonamides is 1. The Morgan fingerprint density at radius 1 is 1.00 bits per heavy atom. The van der Waals surface area contributed by atoms with E-state index in [0.29, 0.717) is 36.6 Å². The number of amides is 1. The molecule has 2 aromatic rings. The first-order valence-corrected chi connectivity index (χ1v) is 13.7. The fourth-order valence-electron chi connectivity index (χ4n) is 4.48. The summed E-state index contributed by atoms with van der Waals surface area (Å²) in [6, 6.07) is 9.68. The van der Waals surface area contributed by atoms with Gasteiger partial charge in [-0.15, -0.1) is 0 Å². The highest BCUT2D eigenvalue weighted by molar-refractivity contribution is 7.89. The molecule has 0 radical (unpaired) electrons. The van der Waals surface area contributed by atoms with E-state index in [9.17, 15) is 22.8 Å². The fraction of sp³-hybridized carbons (Fsp3) is 0.444.